The number of hydrogen-bond donors (Lipinski definition) is 0. The van der Waals surface area contributed by atoms with Crippen LogP contribution >= 0.6 is 11.3 Å². The number of aryl methyl sites for hydroxylation is 2. The lowest BCUT2D eigenvalue weighted by molar-refractivity contribution is -0.144. The second kappa shape index (κ2) is 24.2. The first kappa shape index (κ1) is 60.1. The van der Waals surface area contributed by atoms with Crippen LogP contribution < -0.4 is 49.2 Å². The molecule has 0 radical (unpaired) electrons. The van der Waals surface area contributed by atoms with Crippen LogP contribution in [0.25, 0.3) is 0 Å². The molecule has 5 aromatic heterocycles. The van der Waals surface area contributed by atoms with Gasteiger partial charge in [-0.3, -0.25) is 56.8 Å². The number of rotatable bonds is 1. The van der Waals surface area contributed by atoms with Gasteiger partial charge >= 0.3 is 52.2 Å². The van der Waals surface area contributed by atoms with E-state index in [4.69, 9.17) is 0 Å². The molecule has 0 spiro atoms. The topological polar surface area (TPSA) is 253 Å². The van der Waals surface area contributed by atoms with Crippen molar-refractivity contribution in [3.63, 3.8) is 0 Å². The van der Waals surface area contributed by atoms with Gasteiger partial charge in [-0.1, -0.05) is 0 Å². The Morgan fingerprint density at radius 3 is 1.25 bits per heavy atom. The van der Waals surface area contributed by atoms with Gasteiger partial charge in [0.15, 0.2) is 0 Å². The fraction of sp³-hybridized carbons (Fsp3) is 0.571. The highest BCUT2D eigenvalue weighted by Gasteiger charge is 2.37. The Hall–Kier alpha value is -7.48. The predicted molar refractivity (Wildman–Crippen MR) is 251 cm³/mol. The molecule has 1 aliphatic carbocycles. The van der Waals surface area contributed by atoms with E-state index in [1.54, 1.807) is 18.8 Å². The molecule has 0 bridgehead atoms. The lowest BCUT2D eigenvalue weighted by Crippen LogP contribution is -2.39. The minimum atomic E-state index is -4.69. The van der Waals surface area contributed by atoms with Crippen LogP contribution in [0.4, 0.5) is 35.1 Å². The predicted octanol–water partition coefficient (Wildman–Crippen LogP) is 0.524. The third kappa shape index (κ3) is 13.4. The normalized spacial score (nSPS) is 15.2. The first-order valence-corrected chi connectivity index (χ1v) is 23.3. The van der Waals surface area contributed by atoms with Crippen molar-refractivity contribution in [1.29, 1.82) is 0 Å². The third-order valence-corrected chi connectivity index (χ3v) is 12.9. The minimum absolute atomic E-state index is 0.0208. The number of nitrogens with zero attached hydrogens (tertiary/aromatic N) is 14. The molecule has 5 aromatic rings. The number of halogens is 8. The van der Waals surface area contributed by atoms with Crippen LogP contribution in [0.5, 0.6) is 0 Å². The van der Waals surface area contributed by atoms with Gasteiger partial charge in [0.1, 0.15) is 17.2 Å². The van der Waals surface area contributed by atoms with E-state index in [2.05, 4.69) is 10.1 Å². The van der Waals surface area contributed by atoms with Crippen molar-refractivity contribution in [2.45, 2.75) is 103 Å². The van der Waals surface area contributed by atoms with E-state index in [0.29, 0.717) is 48.1 Å². The summed E-state index contributed by atoms with van der Waals surface area (Å²) in [5.74, 6) is -0.128. The summed E-state index contributed by atoms with van der Waals surface area (Å²) in [5.41, 5.74) is -6.06. The quantitative estimate of drug-likeness (QED) is 0.165. The lowest BCUT2D eigenvalue weighted by atomic mass is 9.93. The van der Waals surface area contributed by atoms with Gasteiger partial charge in [0.05, 0.1) is 0 Å². The highest BCUT2D eigenvalue weighted by atomic mass is 32.1. The number of carbonyl (C=O) groups is 2. The Labute approximate surface area is 420 Å². The third-order valence-electron chi connectivity index (χ3n) is 11.9. The molecule has 0 saturated carbocycles. The SMILES string of the molecule is CN1C(=O)C2=C(CCCC2)C1=O.CN=c1sc(=O)n2n1CCCC2.Cc1nn(C)c(=O)n1C(F)F.Cn1c(=O)n2n(c1=O)CCCC2.Cn1c(C(F)(F)F)cc(=O)n(C)c1=O.Cn1c(C(F)(F)F)cc(=O)n(C)c1=O. The average molecular weight is 1100 g/mol. The van der Waals surface area contributed by atoms with Crippen molar-refractivity contribution in [3.05, 3.63) is 128 Å². The van der Waals surface area contributed by atoms with Gasteiger partial charge in [0, 0.05) is 106 Å². The molecule has 0 fully saturated rings. The largest absolute Gasteiger partial charge is 0.431 e. The van der Waals surface area contributed by atoms with Crippen LogP contribution in [-0.2, 0) is 90.4 Å². The van der Waals surface area contributed by atoms with Crippen LogP contribution in [0.15, 0.2) is 66.6 Å². The highest BCUT2D eigenvalue weighted by molar-refractivity contribution is 7.06. The zero-order valence-corrected chi connectivity index (χ0v) is 42.8. The highest BCUT2D eigenvalue weighted by Crippen LogP contribution is 2.32. The summed E-state index contributed by atoms with van der Waals surface area (Å²) in [4.78, 5) is 118. The Bertz CT molecular complexity index is 3390. The molecule has 0 aromatic carbocycles. The minimum Gasteiger partial charge on any atom is -0.292 e. The number of fused-ring (bicyclic) bond motifs is 2. The van der Waals surface area contributed by atoms with Crippen LogP contribution in [0, 0.1) is 6.92 Å². The molecular weight excluding hydrogens is 1040 g/mol. The Morgan fingerprint density at radius 1 is 0.533 bits per heavy atom. The molecule has 33 heteroatoms. The van der Waals surface area contributed by atoms with Gasteiger partial charge in [0.25, 0.3) is 22.9 Å². The van der Waals surface area contributed by atoms with Crippen molar-refractivity contribution in [1.82, 2.24) is 60.8 Å². The molecule has 414 valence electrons. The van der Waals surface area contributed by atoms with E-state index in [1.165, 1.54) is 46.6 Å². The second-order valence-electron chi connectivity index (χ2n) is 16.9. The summed E-state index contributed by atoms with van der Waals surface area (Å²) in [6.07, 6.45) is -1.45. The Kier molecular flexibility index (Phi) is 19.4. The molecule has 4 aliphatic rings. The van der Waals surface area contributed by atoms with Gasteiger partial charge in [-0.05, 0) is 69.6 Å². The fourth-order valence-electron chi connectivity index (χ4n) is 7.80. The first-order valence-electron chi connectivity index (χ1n) is 22.5. The van der Waals surface area contributed by atoms with E-state index in [9.17, 15) is 83.1 Å². The summed E-state index contributed by atoms with van der Waals surface area (Å²) < 4.78 is 109. The number of amides is 2. The number of hydrogen-bond acceptors (Lipinski definition) is 13. The maximum Gasteiger partial charge on any atom is 0.431 e. The standard InChI is InChI=1S/C9H11NO2.2C7H7F3N2O2.C7H11N3O2.C7H11N3OS.C5H7F2N3O/c1-10-8(11)6-4-2-3-5-7(6)9(10)12;2*1-11-4(7(8,9)10)3-5(13)12(2)6(11)14;1-8-6(11)9-4-2-3-5-10(9)7(8)12;1-8-6-9-4-2-3-5-10(9)7(11)12-6;1-3-8-9(2)5(11)10(3)4(6)7/h2-5H2,1H3;2*3H,1-2H3;2*2-5H2,1H3;4H,1-2H3. The molecule has 0 saturated heterocycles. The molecule has 2 amide bonds. The molecule has 75 heavy (non-hydrogen) atoms. The molecular formula is C42H54F8N14O10S. The zero-order valence-electron chi connectivity index (χ0n) is 42.0. The fourth-order valence-corrected chi connectivity index (χ4v) is 8.64. The van der Waals surface area contributed by atoms with Crippen molar-refractivity contribution >= 4 is 23.2 Å². The number of carbonyl (C=O) groups excluding carboxylic acids is 2. The van der Waals surface area contributed by atoms with Gasteiger partial charge in [0.2, 0.25) is 4.80 Å². The molecule has 0 unspecified atom stereocenters. The Morgan fingerprint density at radius 2 is 0.920 bits per heavy atom. The van der Waals surface area contributed by atoms with Gasteiger partial charge in [-0.25, -0.2) is 51.8 Å². The van der Waals surface area contributed by atoms with Gasteiger partial charge in [-0.15, -0.1) is 0 Å². The second-order valence-corrected chi connectivity index (χ2v) is 17.8. The van der Waals surface area contributed by atoms with Crippen LogP contribution in [0.2, 0.25) is 0 Å². The average Bonchev–Trinajstić information content (AvgIpc) is 3.99. The van der Waals surface area contributed by atoms with E-state index in [-0.39, 0.29) is 33.9 Å². The maximum atomic E-state index is 12.2. The maximum absolute atomic E-state index is 12.2. The lowest BCUT2D eigenvalue weighted by Gasteiger charge is -2.15. The molecule has 0 N–H and O–H groups in total. The Balaban J connectivity index is 0.000000195. The summed E-state index contributed by atoms with van der Waals surface area (Å²) in [6.45, 7) is 1.68. The molecule has 8 heterocycles. The van der Waals surface area contributed by atoms with Gasteiger partial charge < -0.3 is 0 Å². The molecule has 9 rings (SSSR count). The number of aromatic nitrogens is 12. The monoisotopic (exact) mass is 1100 g/mol. The number of likely N-dealkylation sites (N-methyl/N-ethyl adjacent to an activating group) is 1. The van der Waals surface area contributed by atoms with Crippen molar-refractivity contribution in [3.8, 4) is 0 Å². The van der Waals surface area contributed by atoms with Crippen LogP contribution in [0.3, 0.4) is 0 Å². The molecule has 24 nitrogen and oxygen atoms in total. The molecule has 3 aliphatic heterocycles. The van der Waals surface area contributed by atoms with Crippen molar-refractivity contribution in [2.75, 3.05) is 14.1 Å². The summed E-state index contributed by atoms with van der Waals surface area (Å²) >= 11 is 1.23. The van der Waals surface area contributed by atoms with E-state index in [0.717, 1.165) is 118 Å². The van der Waals surface area contributed by atoms with E-state index in [1.807, 2.05) is 4.68 Å². The smallest absolute Gasteiger partial charge is 0.292 e. The van der Waals surface area contributed by atoms with E-state index >= 15 is 0 Å². The van der Waals surface area contributed by atoms with Crippen molar-refractivity contribution < 1.29 is 44.7 Å². The number of alkyl halides is 8. The van der Waals surface area contributed by atoms with Crippen LogP contribution in [0.1, 0.15) is 75.1 Å². The van der Waals surface area contributed by atoms with Crippen LogP contribution in [-0.4, -0.2) is 86.7 Å². The molecule has 0 atom stereocenters. The summed E-state index contributed by atoms with van der Waals surface area (Å²) in [6, 6.07) is 0.781. The van der Waals surface area contributed by atoms with Crippen molar-refractivity contribution in [2.24, 2.45) is 47.3 Å². The van der Waals surface area contributed by atoms with Gasteiger partial charge in [-0.2, -0.15) is 40.2 Å². The first-order chi connectivity index (χ1) is 34.8. The summed E-state index contributed by atoms with van der Waals surface area (Å²) in [5, 5.41) is 3.52. The van der Waals surface area contributed by atoms with E-state index < -0.39 is 58.5 Å². The summed E-state index contributed by atoms with van der Waals surface area (Å²) in [7, 11) is 10.3. The zero-order chi connectivity index (χ0) is 56.8. The number of imide groups is 1.